The molecule has 2 atom stereocenters. The van der Waals surface area contributed by atoms with Gasteiger partial charge in [0.1, 0.15) is 0 Å². The van der Waals surface area contributed by atoms with E-state index in [0.717, 1.165) is 19.4 Å². The van der Waals surface area contributed by atoms with Crippen molar-refractivity contribution in [1.82, 2.24) is 5.32 Å². The van der Waals surface area contributed by atoms with Crippen LogP contribution in [0.5, 0.6) is 0 Å². The molecule has 0 saturated carbocycles. The number of nitriles is 1. The lowest BCUT2D eigenvalue weighted by molar-refractivity contribution is 0.0141. The number of nitrogens with one attached hydrogen (secondary N) is 1. The standard InChI is InChI=1S/C8H14N2O/c1-7-6-8(2-5-11-7)10-4-3-9/h7-8,10H,2,4-6H2,1H3. The molecule has 0 aromatic rings. The van der Waals surface area contributed by atoms with E-state index in [1.54, 1.807) is 0 Å². The van der Waals surface area contributed by atoms with Crippen LogP contribution in [-0.2, 0) is 4.74 Å². The van der Waals surface area contributed by atoms with Gasteiger partial charge in [-0.25, -0.2) is 0 Å². The van der Waals surface area contributed by atoms with Crippen LogP contribution >= 0.6 is 0 Å². The molecular weight excluding hydrogens is 140 g/mol. The van der Waals surface area contributed by atoms with Gasteiger partial charge in [-0.05, 0) is 19.8 Å². The van der Waals surface area contributed by atoms with E-state index in [4.69, 9.17) is 10.00 Å². The molecule has 1 saturated heterocycles. The van der Waals surface area contributed by atoms with E-state index in [1.165, 1.54) is 0 Å². The first-order chi connectivity index (χ1) is 5.33. The fourth-order valence-corrected chi connectivity index (χ4v) is 1.37. The van der Waals surface area contributed by atoms with E-state index in [0.29, 0.717) is 18.7 Å². The van der Waals surface area contributed by atoms with Gasteiger partial charge in [-0.2, -0.15) is 5.26 Å². The molecule has 3 heteroatoms. The number of rotatable bonds is 2. The van der Waals surface area contributed by atoms with Crippen LogP contribution in [0.4, 0.5) is 0 Å². The van der Waals surface area contributed by atoms with Gasteiger partial charge in [-0.3, -0.25) is 0 Å². The third kappa shape index (κ3) is 2.87. The fourth-order valence-electron chi connectivity index (χ4n) is 1.37. The summed E-state index contributed by atoms with van der Waals surface area (Å²) < 4.78 is 5.37. The number of hydrogen-bond acceptors (Lipinski definition) is 3. The highest BCUT2D eigenvalue weighted by atomic mass is 16.5. The second kappa shape index (κ2) is 4.32. The molecule has 0 bridgehead atoms. The maximum atomic E-state index is 8.32. The van der Waals surface area contributed by atoms with Crippen molar-refractivity contribution in [2.45, 2.75) is 31.9 Å². The molecule has 0 spiro atoms. The molecule has 2 unspecified atom stereocenters. The van der Waals surface area contributed by atoms with Crippen molar-refractivity contribution >= 4 is 0 Å². The first-order valence-electron chi connectivity index (χ1n) is 4.05. The highest BCUT2D eigenvalue weighted by Gasteiger charge is 2.17. The monoisotopic (exact) mass is 154 g/mol. The average molecular weight is 154 g/mol. The van der Waals surface area contributed by atoms with Gasteiger partial charge < -0.3 is 10.1 Å². The van der Waals surface area contributed by atoms with Gasteiger partial charge in [-0.1, -0.05) is 0 Å². The molecule has 1 aliphatic rings. The first-order valence-corrected chi connectivity index (χ1v) is 4.05. The maximum absolute atomic E-state index is 8.32. The molecule has 0 aromatic heterocycles. The van der Waals surface area contributed by atoms with Crippen molar-refractivity contribution in [3.8, 4) is 6.07 Å². The van der Waals surface area contributed by atoms with Gasteiger partial charge in [0.25, 0.3) is 0 Å². The van der Waals surface area contributed by atoms with Gasteiger partial charge >= 0.3 is 0 Å². The molecule has 0 amide bonds. The van der Waals surface area contributed by atoms with E-state index >= 15 is 0 Å². The molecule has 1 heterocycles. The molecule has 1 N–H and O–H groups in total. The lowest BCUT2D eigenvalue weighted by Gasteiger charge is -2.27. The largest absolute Gasteiger partial charge is 0.378 e. The van der Waals surface area contributed by atoms with Crippen molar-refractivity contribution in [2.75, 3.05) is 13.2 Å². The maximum Gasteiger partial charge on any atom is 0.0843 e. The zero-order valence-electron chi connectivity index (χ0n) is 6.84. The Morgan fingerprint density at radius 2 is 2.55 bits per heavy atom. The Morgan fingerprint density at radius 1 is 1.73 bits per heavy atom. The molecular formula is C8H14N2O. The van der Waals surface area contributed by atoms with Crippen molar-refractivity contribution in [3.05, 3.63) is 0 Å². The Balaban J connectivity index is 2.18. The Kier molecular flexibility index (Phi) is 3.34. The lowest BCUT2D eigenvalue weighted by atomic mass is 10.0. The number of ether oxygens (including phenoxy) is 1. The number of hydrogen-bond donors (Lipinski definition) is 1. The summed E-state index contributed by atoms with van der Waals surface area (Å²) in [4.78, 5) is 0. The van der Waals surface area contributed by atoms with E-state index < -0.39 is 0 Å². The van der Waals surface area contributed by atoms with Crippen LogP contribution in [-0.4, -0.2) is 25.3 Å². The third-order valence-electron chi connectivity index (χ3n) is 1.95. The molecule has 1 rings (SSSR count). The van der Waals surface area contributed by atoms with Crippen LogP contribution in [0, 0.1) is 11.3 Å². The minimum absolute atomic E-state index is 0.347. The minimum Gasteiger partial charge on any atom is -0.378 e. The molecule has 1 fully saturated rings. The first kappa shape index (κ1) is 8.51. The minimum atomic E-state index is 0.347. The number of nitrogens with zero attached hydrogens (tertiary/aromatic N) is 1. The molecule has 0 aliphatic carbocycles. The smallest absolute Gasteiger partial charge is 0.0843 e. The zero-order chi connectivity index (χ0) is 8.10. The summed E-state index contributed by atoms with van der Waals surface area (Å²) in [5.41, 5.74) is 0. The van der Waals surface area contributed by atoms with Crippen LogP contribution < -0.4 is 5.32 Å². The van der Waals surface area contributed by atoms with Gasteiger partial charge in [-0.15, -0.1) is 0 Å². The van der Waals surface area contributed by atoms with Gasteiger partial charge in [0.15, 0.2) is 0 Å². The predicted molar refractivity (Wildman–Crippen MR) is 42.1 cm³/mol. The van der Waals surface area contributed by atoms with Crippen LogP contribution in [0.15, 0.2) is 0 Å². The van der Waals surface area contributed by atoms with Crippen molar-refractivity contribution < 1.29 is 4.74 Å². The summed E-state index contributed by atoms with van der Waals surface area (Å²) in [6.45, 7) is 3.35. The molecule has 11 heavy (non-hydrogen) atoms. The summed E-state index contributed by atoms with van der Waals surface area (Å²) in [6, 6.07) is 2.56. The second-order valence-electron chi connectivity index (χ2n) is 2.94. The Hall–Kier alpha value is -0.590. The highest BCUT2D eigenvalue weighted by molar-refractivity contribution is 4.80. The summed E-state index contributed by atoms with van der Waals surface area (Å²) in [5.74, 6) is 0. The van der Waals surface area contributed by atoms with Gasteiger partial charge in [0.2, 0.25) is 0 Å². The topological polar surface area (TPSA) is 45.0 Å². The Morgan fingerprint density at radius 3 is 3.18 bits per heavy atom. The summed E-state index contributed by atoms with van der Waals surface area (Å²) in [7, 11) is 0. The van der Waals surface area contributed by atoms with Gasteiger partial charge in [0.05, 0.1) is 18.7 Å². The molecule has 3 nitrogen and oxygen atoms in total. The molecule has 62 valence electrons. The van der Waals surface area contributed by atoms with E-state index in [1.807, 2.05) is 0 Å². The van der Waals surface area contributed by atoms with Crippen LogP contribution in [0.3, 0.4) is 0 Å². The van der Waals surface area contributed by atoms with Crippen LogP contribution in [0.2, 0.25) is 0 Å². The fraction of sp³-hybridized carbons (Fsp3) is 0.875. The van der Waals surface area contributed by atoms with Crippen LogP contribution in [0.25, 0.3) is 0 Å². The quantitative estimate of drug-likeness (QED) is 0.594. The van der Waals surface area contributed by atoms with Crippen LogP contribution in [0.1, 0.15) is 19.8 Å². The SMILES string of the molecule is CC1CC(NCC#N)CCO1. The average Bonchev–Trinajstić information content (AvgIpc) is 2.01. The lowest BCUT2D eigenvalue weighted by Crippen LogP contribution is -2.38. The highest BCUT2D eigenvalue weighted by Crippen LogP contribution is 2.12. The van der Waals surface area contributed by atoms with Gasteiger partial charge in [0, 0.05) is 12.6 Å². The van der Waals surface area contributed by atoms with Crippen molar-refractivity contribution in [3.63, 3.8) is 0 Å². The van der Waals surface area contributed by atoms with E-state index in [9.17, 15) is 0 Å². The normalized spacial score (nSPS) is 31.3. The Bertz CT molecular complexity index is 153. The Labute approximate surface area is 67.3 Å². The van der Waals surface area contributed by atoms with E-state index in [-0.39, 0.29) is 0 Å². The summed E-state index contributed by atoms with van der Waals surface area (Å²) in [5, 5.41) is 11.5. The third-order valence-corrected chi connectivity index (χ3v) is 1.95. The molecule has 0 aromatic carbocycles. The summed E-state index contributed by atoms with van der Waals surface area (Å²) in [6.07, 6.45) is 2.41. The van der Waals surface area contributed by atoms with Crippen molar-refractivity contribution in [2.24, 2.45) is 0 Å². The zero-order valence-corrected chi connectivity index (χ0v) is 6.84. The van der Waals surface area contributed by atoms with E-state index in [2.05, 4.69) is 18.3 Å². The van der Waals surface area contributed by atoms with Crippen molar-refractivity contribution in [1.29, 1.82) is 5.26 Å². The predicted octanol–water partition coefficient (Wildman–Crippen LogP) is 0.667. The second-order valence-corrected chi connectivity index (χ2v) is 2.94. The molecule has 0 radical (unpaired) electrons. The molecule has 1 aliphatic heterocycles. The summed E-state index contributed by atoms with van der Waals surface area (Å²) >= 11 is 0.